The highest BCUT2D eigenvalue weighted by Gasteiger charge is 2.30. The molecule has 0 unspecified atom stereocenters. The van der Waals surface area contributed by atoms with E-state index < -0.39 is 0 Å². The summed E-state index contributed by atoms with van der Waals surface area (Å²) in [6, 6.07) is 1.69. The maximum atomic E-state index is 11.9. The molecular weight excluding hydrogens is 190 g/mol. The number of carbonyl (C=O) groups is 1. The van der Waals surface area contributed by atoms with Crippen molar-refractivity contribution in [2.75, 3.05) is 0 Å². The first-order valence-electron chi connectivity index (χ1n) is 4.86. The number of hydrogen-bond acceptors (Lipinski definition) is 3. The van der Waals surface area contributed by atoms with E-state index in [-0.39, 0.29) is 11.2 Å². The first kappa shape index (κ1) is 9.90. The van der Waals surface area contributed by atoms with Crippen molar-refractivity contribution < 1.29 is 9.32 Å². The van der Waals surface area contributed by atoms with Crippen LogP contribution in [0.2, 0.25) is 0 Å². The molecule has 1 aliphatic carbocycles. The minimum Gasteiger partial charge on any atom is -0.356 e. The van der Waals surface area contributed by atoms with Crippen LogP contribution in [-0.2, 0) is 4.79 Å². The molecule has 0 saturated heterocycles. The largest absolute Gasteiger partial charge is 0.356 e. The van der Waals surface area contributed by atoms with Gasteiger partial charge in [-0.15, -0.1) is 0 Å². The zero-order valence-corrected chi connectivity index (χ0v) is 8.91. The van der Waals surface area contributed by atoms with Gasteiger partial charge >= 0.3 is 0 Å². The van der Waals surface area contributed by atoms with Crippen molar-refractivity contribution in [2.24, 2.45) is 5.41 Å². The summed E-state index contributed by atoms with van der Waals surface area (Å²) in [5, 5.41) is 3.61. The third-order valence-electron chi connectivity index (χ3n) is 2.47. The Hall–Kier alpha value is -1.64. The lowest BCUT2D eigenvalue weighted by Gasteiger charge is -2.27. The molecule has 0 spiro atoms. The van der Waals surface area contributed by atoms with Crippen molar-refractivity contribution in [3.63, 3.8) is 0 Å². The fourth-order valence-electron chi connectivity index (χ4n) is 1.87. The fourth-order valence-corrected chi connectivity index (χ4v) is 1.87. The first-order valence-corrected chi connectivity index (χ1v) is 4.86. The molecule has 1 aromatic rings. The molecule has 0 radical (unpaired) electrons. The van der Waals surface area contributed by atoms with Gasteiger partial charge in [0.25, 0.3) is 0 Å². The van der Waals surface area contributed by atoms with E-state index in [9.17, 15) is 4.79 Å². The molecule has 0 aliphatic heterocycles. The van der Waals surface area contributed by atoms with Crippen molar-refractivity contribution >= 4 is 11.4 Å². The number of aromatic nitrogens is 1. The fraction of sp³-hybridized carbons (Fsp3) is 0.333. The number of carbonyl (C=O) groups excluding carboxylic acids is 1. The van der Waals surface area contributed by atoms with Gasteiger partial charge in [-0.05, 0) is 17.4 Å². The van der Waals surface area contributed by atoms with Crippen LogP contribution in [0.5, 0.6) is 0 Å². The number of nitrogens with zero attached hydrogens (tertiary/aromatic N) is 1. The Morgan fingerprint density at radius 1 is 1.53 bits per heavy atom. The van der Waals surface area contributed by atoms with Crippen LogP contribution in [0.25, 0.3) is 5.57 Å². The molecule has 78 valence electrons. The Kier molecular flexibility index (Phi) is 2.11. The molecule has 15 heavy (non-hydrogen) atoms. The molecule has 1 aliphatic rings. The van der Waals surface area contributed by atoms with E-state index in [1.54, 1.807) is 6.07 Å². The van der Waals surface area contributed by atoms with E-state index in [0.717, 1.165) is 0 Å². The minimum absolute atomic E-state index is 0.0360. The van der Waals surface area contributed by atoms with Crippen molar-refractivity contribution in [3.05, 3.63) is 36.3 Å². The van der Waals surface area contributed by atoms with Gasteiger partial charge in [-0.1, -0.05) is 31.7 Å². The normalized spacial score (nSPS) is 20.3. The Labute approximate surface area is 88.5 Å². The molecule has 1 aromatic heterocycles. The second kappa shape index (κ2) is 3.19. The summed E-state index contributed by atoms with van der Waals surface area (Å²) < 4.78 is 5.00. The molecule has 3 heteroatoms. The van der Waals surface area contributed by atoms with Gasteiger partial charge in [-0.2, -0.15) is 0 Å². The quantitative estimate of drug-likeness (QED) is 0.659. The zero-order valence-electron chi connectivity index (χ0n) is 8.91. The Balaban J connectivity index is 2.50. The average molecular weight is 203 g/mol. The predicted molar refractivity (Wildman–Crippen MR) is 57.0 cm³/mol. The molecule has 0 bridgehead atoms. The summed E-state index contributed by atoms with van der Waals surface area (Å²) in [5.41, 5.74) is 1.16. The summed E-state index contributed by atoms with van der Waals surface area (Å²) >= 11 is 0. The van der Waals surface area contributed by atoms with Gasteiger partial charge in [-0.3, -0.25) is 4.79 Å². The van der Waals surface area contributed by atoms with Crippen LogP contribution in [0, 0.1) is 5.41 Å². The Bertz CT molecular complexity index is 438. The molecule has 0 aromatic carbocycles. The maximum absolute atomic E-state index is 11.9. The van der Waals surface area contributed by atoms with Crippen molar-refractivity contribution in [1.29, 1.82) is 0 Å². The minimum atomic E-state index is -0.0485. The second-order valence-corrected chi connectivity index (χ2v) is 4.53. The number of Topliss-reactive ketones (excluding diaryl/α,β-unsaturated/α-hetero) is 1. The number of ketones is 1. The molecule has 0 fully saturated rings. The zero-order chi connectivity index (χ0) is 11.1. The summed E-state index contributed by atoms with van der Waals surface area (Å²) in [5.74, 6) is 0.486. The monoisotopic (exact) mass is 203 g/mol. The van der Waals surface area contributed by atoms with E-state index in [2.05, 4.69) is 25.6 Å². The van der Waals surface area contributed by atoms with Crippen molar-refractivity contribution in [1.82, 2.24) is 5.16 Å². The summed E-state index contributed by atoms with van der Waals surface area (Å²) in [4.78, 5) is 11.9. The van der Waals surface area contributed by atoms with E-state index in [1.165, 1.54) is 6.20 Å². The van der Waals surface area contributed by atoms with Gasteiger partial charge in [0.15, 0.2) is 11.5 Å². The molecule has 2 rings (SSSR count). The topological polar surface area (TPSA) is 43.1 Å². The van der Waals surface area contributed by atoms with E-state index in [4.69, 9.17) is 4.52 Å². The smallest absolute Gasteiger partial charge is 0.191 e. The van der Waals surface area contributed by atoms with Crippen LogP contribution in [0.15, 0.2) is 35.0 Å². The summed E-state index contributed by atoms with van der Waals surface area (Å²) in [6.07, 6.45) is 4.17. The molecular formula is C12H13NO2. The van der Waals surface area contributed by atoms with Crippen LogP contribution in [-0.4, -0.2) is 10.9 Å². The van der Waals surface area contributed by atoms with E-state index in [0.29, 0.717) is 23.3 Å². The van der Waals surface area contributed by atoms with E-state index in [1.807, 2.05) is 6.08 Å². The first-order chi connectivity index (χ1) is 6.99. The summed E-state index contributed by atoms with van der Waals surface area (Å²) in [7, 11) is 0. The number of rotatable bonds is 1. The van der Waals surface area contributed by atoms with Gasteiger partial charge in [0.1, 0.15) is 0 Å². The second-order valence-electron chi connectivity index (χ2n) is 4.53. The van der Waals surface area contributed by atoms with Gasteiger partial charge < -0.3 is 4.52 Å². The van der Waals surface area contributed by atoms with Crippen molar-refractivity contribution in [3.8, 4) is 0 Å². The highest BCUT2D eigenvalue weighted by molar-refractivity contribution is 6.28. The van der Waals surface area contributed by atoms with E-state index >= 15 is 0 Å². The van der Waals surface area contributed by atoms with Gasteiger partial charge in [0, 0.05) is 6.07 Å². The number of allylic oxidation sites excluding steroid dienone is 3. The lowest BCUT2D eigenvalue weighted by Crippen LogP contribution is -2.21. The third-order valence-corrected chi connectivity index (χ3v) is 2.47. The maximum Gasteiger partial charge on any atom is 0.191 e. The van der Waals surface area contributed by atoms with Gasteiger partial charge in [-0.25, -0.2) is 0 Å². The standard InChI is InChI=1S/C12H13NO2/c1-8-6-12(2,3)7-9(11(8)14)10-4-5-13-15-10/h4-5,7H,1,6H2,2-3H3. The molecule has 3 nitrogen and oxygen atoms in total. The molecule has 0 atom stereocenters. The predicted octanol–water partition coefficient (Wildman–Crippen LogP) is 2.61. The lowest BCUT2D eigenvalue weighted by atomic mass is 9.76. The van der Waals surface area contributed by atoms with Gasteiger partial charge in [0.05, 0.1) is 11.8 Å². The van der Waals surface area contributed by atoms with Crippen LogP contribution in [0.4, 0.5) is 0 Å². The third kappa shape index (κ3) is 1.77. The lowest BCUT2D eigenvalue weighted by molar-refractivity contribution is -0.111. The molecule has 0 amide bonds. The number of hydrogen-bond donors (Lipinski definition) is 0. The molecule has 0 N–H and O–H groups in total. The SMILES string of the molecule is C=C1CC(C)(C)C=C(c2ccno2)C1=O. The Morgan fingerprint density at radius 2 is 2.27 bits per heavy atom. The van der Waals surface area contributed by atoms with Crippen LogP contribution in [0.1, 0.15) is 26.0 Å². The average Bonchev–Trinajstić information content (AvgIpc) is 2.63. The van der Waals surface area contributed by atoms with Crippen molar-refractivity contribution in [2.45, 2.75) is 20.3 Å². The summed E-state index contributed by atoms with van der Waals surface area (Å²) in [6.45, 7) is 7.94. The van der Waals surface area contributed by atoms with Crippen LogP contribution < -0.4 is 0 Å². The molecule has 1 heterocycles. The van der Waals surface area contributed by atoms with Gasteiger partial charge in [0.2, 0.25) is 0 Å². The van der Waals surface area contributed by atoms with Crippen LogP contribution in [0.3, 0.4) is 0 Å². The Morgan fingerprint density at radius 3 is 2.87 bits per heavy atom. The highest BCUT2D eigenvalue weighted by Crippen LogP contribution is 2.37. The highest BCUT2D eigenvalue weighted by atomic mass is 16.5. The molecule has 0 saturated carbocycles. The van der Waals surface area contributed by atoms with Crippen LogP contribution >= 0.6 is 0 Å².